The lowest BCUT2D eigenvalue weighted by molar-refractivity contribution is 0.308. The lowest BCUT2D eigenvalue weighted by atomic mass is 9.85. The minimum absolute atomic E-state index is 0.494. The largest absolute Gasteiger partial charge is 0.302 e. The highest BCUT2D eigenvalue weighted by Crippen LogP contribution is 2.27. The standard InChI is InChI=1S/C11H20N2/c1-10(13-8-7-12)9-11-5-3-2-4-6-11/h10-11,13H,2-6,8-9H2,1H3. The molecule has 1 fully saturated rings. The van der Waals surface area contributed by atoms with E-state index in [2.05, 4.69) is 18.3 Å². The van der Waals surface area contributed by atoms with Crippen LogP contribution < -0.4 is 5.32 Å². The predicted octanol–water partition coefficient (Wildman–Crippen LogP) is 2.46. The normalized spacial score (nSPS) is 20.9. The average molecular weight is 180 g/mol. The second-order valence-electron chi connectivity index (χ2n) is 4.18. The molecule has 13 heavy (non-hydrogen) atoms. The summed E-state index contributed by atoms with van der Waals surface area (Å²) < 4.78 is 0. The van der Waals surface area contributed by atoms with Crippen LogP contribution in [-0.4, -0.2) is 12.6 Å². The van der Waals surface area contributed by atoms with Crippen molar-refractivity contribution in [2.45, 2.75) is 51.5 Å². The minimum atomic E-state index is 0.494. The van der Waals surface area contributed by atoms with E-state index in [1.54, 1.807) is 0 Å². The van der Waals surface area contributed by atoms with Gasteiger partial charge in [-0.15, -0.1) is 0 Å². The fourth-order valence-corrected chi connectivity index (χ4v) is 2.23. The Labute approximate surface area is 81.3 Å². The van der Waals surface area contributed by atoms with Gasteiger partial charge in [-0.1, -0.05) is 32.1 Å². The molecule has 0 heterocycles. The number of rotatable bonds is 4. The molecule has 0 aromatic carbocycles. The second-order valence-corrected chi connectivity index (χ2v) is 4.18. The van der Waals surface area contributed by atoms with Crippen molar-refractivity contribution < 1.29 is 0 Å². The maximum absolute atomic E-state index is 8.41. The van der Waals surface area contributed by atoms with Gasteiger partial charge in [-0.2, -0.15) is 5.26 Å². The maximum Gasteiger partial charge on any atom is 0.0842 e. The Morgan fingerprint density at radius 3 is 2.69 bits per heavy atom. The Morgan fingerprint density at radius 2 is 2.08 bits per heavy atom. The summed E-state index contributed by atoms with van der Waals surface area (Å²) in [4.78, 5) is 0. The van der Waals surface area contributed by atoms with Gasteiger partial charge in [0.05, 0.1) is 12.6 Å². The van der Waals surface area contributed by atoms with E-state index in [9.17, 15) is 0 Å². The van der Waals surface area contributed by atoms with Crippen LogP contribution in [0.3, 0.4) is 0 Å². The quantitative estimate of drug-likeness (QED) is 0.675. The van der Waals surface area contributed by atoms with Crippen molar-refractivity contribution in [3.8, 4) is 6.07 Å². The number of nitriles is 1. The number of nitrogens with zero attached hydrogens (tertiary/aromatic N) is 1. The predicted molar refractivity (Wildman–Crippen MR) is 54.3 cm³/mol. The van der Waals surface area contributed by atoms with Gasteiger partial charge in [-0.3, -0.25) is 0 Å². The molecule has 0 amide bonds. The molecule has 0 aromatic heterocycles. The fourth-order valence-electron chi connectivity index (χ4n) is 2.23. The van der Waals surface area contributed by atoms with Crippen LogP contribution in [-0.2, 0) is 0 Å². The summed E-state index contributed by atoms with van der Waals surface area (Å²) in [7, 11) is 0. The van der Waals surface area contributed by atoms with Crippen LogP contribution in [0.25, 0.3) is 0 Å². The van der Waals surface area contributed by atoms with E-state index in [4.69, 9.17) is 5.26 Å². The van der Waals surface area contributed by atoms with Crippen LogP contribution in [0.15, 0.2) is 0 Å². The topological polar surface area (TPSA) is 35.8 Å². The summed E-state index contributed by atoms with van der Waals surface area (Å²) in [5.74, 6) is 0.912. The molecular weight excluding hydrogens is 160 g/mol. The van der Waals surface area contributed by atoms with Crippen molar-refractivity contribution >= 4 is 0 Å². The first-order valence-electron chi connectivity index (χ1n) is 5.43. The number of nitrogens with one attached hydrogen (secondary N) is 1. The van der Waals surface area contributed by atoms with E-state index in [1.165, 1.54) is 38.5 Å². The molecule has 0 spiro atoms. The van der Waals surface area contributed by atoms with Gasteiger partial charge in [-0.25, -0.2) is 0 Å². The van der Waals surface area contributed by atoms with Gasteiger partial charge in [-0.05, 0) is 19.3 Å². The SMILES string of the molecule is CC(CC1CCCCC1)NCC#N. The fraction of sp³-hybridized carbons (Fsp3) is 0.909. The van der Waals surface area contributed by atoms with E-state index in [0.29, 0.717) is 12.6 Å². The van der Waals surface area contributed by atoms with Gasteiger partial charge in [0.2, 0.25) is 0 Å². The molecule has 2 nitrogen and oxygen atoms in total. The van der Waals surface area contributed by atoms with Gasteiger partial charge in [0.25, 0.3) is 0 Å². The molecule has 1 aliphatic carbocycles. The Kier molecular flexibility index (Phi) is 4.85. The molecular formula is C11H20N2. The Morgan fingerprint density at radius 1 is 1.38 bits per heavy atom. The zero-order chi connectivity index (χ0) is 9.52. The zero-order valence-electron chi connectivity index (χ0n) is 8.55. The van der Waals surface area contributed by atoms with Crippen LogP contribution in [0.2, 0.25) is 0 Å². The van der Waals surface area contributed by atoms with Crippen molar-refractivity contribution in [2.24, 2.45) is 5.92 Å². The summed E-state index contributed by atoms with van der Waals surface area (Å²) >= 11 is 0. The highest BCUT2D eigenvalue weighted by atomic mass is 14.9. The monoisotopic (exact) mass is 180 g/mol. The molecule has 1 aliphatic rings. The van der Waals surface area contributed by atoms with E-state index in [1.807, 2.05) is 0 Å². The van der Waals surface area contributed by atoms with Crippen molar-refractivity contribution in [2.75, 3.05) is 6.54 Å². The van der Waals surface area contributed by atoms with Crippen LogP contribution in [0.1, 0.15) is 45.4 Å². The summed E-state index contributed by atoms with van der Waals surface area (Å²) in [6, 6.07) is 2.64. The molecule has 0 radical (unpaired) electrons. The molecule has 74 valence electrons. The minimum Gasteiger partial charge on any atom is -0.302 e. The summed E-state index contributed by atoms with van der Waals surface area (Å²) in [5, 5.41) is 11.6. The highest BCUT2D eigenvalue weighted by Gasteiger charge is 2.15. The molecule has 0 aromatic rings. The second kappa shape index (κ2) is 5.99. The first kappa shape index (κ1) is 10.5. The molecule has 1 unspecified atom stereocenters. The van der Waals surface area contributed by atoms with Crippen molar-refractivity contribution in [1.29, 1.82) is 5.26 Å². The lowest BCUT2D eigenvalue weighted by Gasteiger charge is -2.24. The van der Waals surface area contributed by atoms with Gasteiger partial charge >= 0.3 is 0 Å². The van der Waals surface area contributed by atoms with E-state index >= 15 is 0 Å². The highest BCUT2D eigenvalue weighted by molar-refractivity contribution is 4.78. The Hall–Kier alpha value is -0.550. The van der Waals surface area contributed by atoms with E-state index in [0.717, 1.165) is 5.92 Å². The van der Waals surface area contributed by atoms with Crippen LogP contribution in [0.5, 0.6) is 0 Å². The molecule has 1 N–H and O–H groups in total. The zero-order valence-corrected chi connectivity index (χ0v) is 8.55. The van der Waals surface area contributed by atoms with Crippen molar-refractivity contribution in [3.63, 3.8) is 0 Å². The molecule has 0 aliphatic heterocycles. The molecule has 1 saturated carbocycles. The van der Waals surface area contributed by atoms with Gasteiger partial charge in [0.15, 0.2) is 0 Å². The molecule has 0 saturated heterocycles. The molecule has 2 heteroatoms. The van der Waals surface area contributed by atoms with E-state index < -0.39 is 0 Å². The molecule has 1 rings (SSSR count). The third-order valence-electron chi connectivity index (χ3n) is 2.94. The first-order valence-corrected chi connectivity index (χ1v) is 5.43. The lowest BCUT2D eigenvalue weighted by Crippen LogP contribution is -2.29. The Balaban J connectivity index is 2.11. The maximum atomic E-state index is 8.41. The summed E-state index contributed by atoms with van der Waals surface area (Å²) in [6.07, 6.45) is 8.31. The molecule has 0 bridgehead atoms. The van der Waals surface area contributed by atoms with E-state index in [-0.39, 0.29) is 0 Å². The Bertz CT molecular complexity index is 165. The van der Waals surface area contributed by atoms with Gasteiger partial charge < -0.3 is 5.32 Å². The van der Waals surface area contributed by atoms with Crippen LogP contribution >= 0.6 is 0 Å². The first-order chi connectivity index (χ1) is 6.33. The van der Waals surface area contributed by atoms with Crippen molar-refractivity contribution in [1.82, 2.24) is 5.32 Å². The van der Waals surface area contributed by atoms with Gasteiger partial charge in [0.1, 0.15) is 0 Å². The summed E-state index contributed by atoms with van der Waals surface area (Å²) in [5.41, 5.74) is 0. The average Bonchev–Trinajstić information content (AvgIpc) is 2.16. The molecule has 1 atom stereocenters. The van der Waals surface area contributed by atoms with Crippen molar-refractivity contribution in [3.05, 3.63) is 0 Å². The van der Waals surface area contributed by atoms with Crippen LogP contribution in [0.4, 0.5) is 0 Å². The third kappa shape index (κ3) is 4.28. The number of hydrogen-bond acceptors (Lipinski definition) is 2. The van der Waals surface area contributed by atoms with Crippen LogP contribution in [0, 0.1) is 17.2 Å². The van der Waals surface area contributed by atoms with Gasteiger partial charge in [0, 0.05) is 6.04 Å². The smallest absolute Gasteiger partial charge is 0.0842 e. The summed E-state index contributed by atoms with van der Waals surface area (Å²) in [6.45, 7) is 2.68. The number of hydrogen-bond donors (Lipinski definition) is 1. The third-order valence-corrected chi connectivity index (χ3v) is 2.94.